The molecule has 0 radical (unpaired) electrons. The number of carbonyl (C=O) groups is 1. The summed E-state index contributed by atoms with van der Waals surface area (Å²) in [5.74, 6) is 0.998. The number of nitrogens with zero attached hydrogens (tertiary/aromatic N) is 2. The Morgan fingerprint density at radius 1 is 1.19 bits per heavy atom. The van der Waals surface area contributed by atoms with E-state index in [1.165, 1.54) is 0 Å². The Morgan fingerprint density at radius 2 is 1.96 bits per heavy atom. The Bertz CT molecular complexity index is 931. The average Bonchev–Trinajstić information content (AvgIpc) is 3.40. The van der Waals surface area contributed by atoms with E-state index < -0.39 is 0 Å². The van der Waals surface area contributed by atoms with E-state index in [-0.39, 0.29) is 22.8 Å². The van der Waals surface area contributed by atoms with Crippen LogP contribution >= 0.6 is 0 Å². The van der Waals surface area contributed by atoms with Crippen molar-refractivity contribution in [3.05, 3.63) is 51.9 Å². The van der Waals surface area contributed by atoms with Gasteiger partial charge in [-0.05, 0) is 44.2 Å². The van der Waals surface area contributed by atoms with Crippen LogP contribution in [0.4, 0.5) is 0 Å². The fourth-order valence-corrected chi connectivity index (χ4v) is 4.75. The van der Waals surface area contributed by atoms with Crippen LogP contribution in [0.15, 0.2) is 35.1 Å². The van der Waals surface area contributed by atoms with Crippen LogP contribution < -0.4 is 10.9 Å². The highest BCUT2D eigenvalue weighted by atomic mass is 16.2. The molecule has 2 N–H and O–H groups in total. The van der Waals surface area contributed by atoms with Gasteiger partial charge in [0.1, 0.15) is 5.82 Å². The second kappa shape index (κ2) is 6.30. The summed E-state index contributed by atoms with van der Waals surface area (Å²) in [5, 5.41) is 3.39. The predicted octanol–water partition coefficient (Wildman–Crippen LogP) is 1.71. The summed E-state index contributed by atoms with van der Waals surface area (Å²) in [4.78, 5) is 35.1. The van der Waals surface area contributed by atoms with Crippen molar-refractivity contribution in [2.75, 3.05) is 19.6 Å². The molecule has 1 aliphatic carbocycles. The molecular formula is C21H24N4O2. The molecule has 2 aromatic rings. The second-order valence-electron chi connectivity index (χ2n) is 8.08. The SMILES string of the molecule is O=C(C1CC12CCNCC2)N1CCc2c(nc(-c3ccccc3)[nH]c2=O)C1. The summed E-state index contributed by atoms with van der Waals surface area (Å²) >= 11 is 0. The van der Waals surface area contributed by atoms with Crippen molar-refractivity contribution in [3.8, 4) is 11.4 Å². The molecule has 2 fully saturated rings. The lowest BCUT2D eigenvalue weighted by atomic mass is 9.91. The molecule has 140 valence electrons. The topological polar surface area (TPSA) is 78.1 Å². The average molecular weight is 364 g/mol. The summed E-state index contributed by atoms with van der Waals surface area (Å²) in [7, 11) is 0. The molecule has 3 heterocycles. The van der Waals surface area contributed by atoms with Crippen LogP contribution in [0, 0.1) is 11.3 Å². The van der Waals surface area contributed by atoms with Gasteiger partial charge in [-0.1, -0.05) is 30.3 Å². The van der Waals surface area contributed by atoms with Crippen molar-refractivity contribution < 1.29 is 4.79 Å². The monoisotopic (exact) mass is 364 g/mol. The largest absolute Gasteiger partial charge is 0.336 e. The van der Waals surface area contributed by atoms with E-state index in [9.17, 15) is 9.59 Å². The molecule has 0 bridgehead atoms. The van der Waals surface area contributed by atoms with E-state index >= 15 is 0 Å². The van der Waals surface area contributed by atoms with Crippen LogP contribution in [0.5, 0.6) is 0 Å². The number of hydrogen-bond acceptors (Lipinski definition) is 4. The second-order valence-corrected chi connectivity index (χ2v) is 8.08. The van der Waals surface area contributed by atoms with Crippen LogP contribution in [-0.2, 0) is 17.8 Å². The lowest BCUT2D eigenvalue weighted by Gasteiger charge is -2.30. The standard InChI is InChI=1S/C21H24N4O2/c26-19-15-6-11-25(20(27)16-12-21(16)7-9-22-10-8-21)13-17(15)23-18(24-19)14-4-2-1-3-5-14/h1-5,16,22H,6-13H2,(H,23,24,26). The van der Waals surface area contributed by atoms with Crippen molar-refractivity contribution in [1.29, 1.82) is 0 Å². The number of nitrogens with one attached hydrogen (secondary N) is 2. The van der Waals surface area contributed by atoms with E-state index in [2.05, 4.69) is 10.3 Å². The Balaban J connectivity index is 1.38. The minimum atomic E-state index is -0.0767. The van der Waals surface area contributed by atoms with Crippen molar-refractivity contribution in [2.24, 2.45) is 11.3 Å². The van der Waals surface area contributed by atoms with E-state index in [0.717, 1.165) is 49.2 Å². The van der Waals surface area contributed by atoms with Gasteiger partial charge in [0.2, 0.25) is 5.91 Å². The molecule has 1 unspecified atom stereocenters. The van der Waals surface area contributed by atoms with Gasteiger partial charge in [0.05, 0.1) is 12.2 Å². The number of carbonyl (C=O) groups excluding carboxylic acids is 1. The minimum absolute atomic E-state index is 0.0767. The van der Waals surface area contributed by atoms with Gasteiger partial charge >= 0.3 is 0 Å². The molecule has 1 saturated carbocycles. The summed E-state index contributed by atoms with van der Waals surface area (Å²) < 4.78 is 0. The Labute approximate surface area is 158 Å². The minimum Gasteiger partial charge on any atom is -0.336 e. The van der Waals surface area contributed by atoms with Crippen LogP contribution in [0.3, 0.4) is 0 Å². The lowest BCUT2D eigenvalue weighted by molar-refractivity contribution is -0.134. The molecule has 1 spiro atoms. The molecule has 1 amide bonds. The van der Waals surface area contributed by atoms with Crippen molar-refractivity contribution in [3.63, 3.8) is 0 Å². The number of benzene rings is 1. The maximum Gasteiger partial charge on any atom is 0.254 e. The zero-order valence-corrected chi connectivity index (χ0v) is 15.3. The molecule has 1 saturated heterocycles. The van der Waals surface area contributed by atoms with Crippen molar-refractivity contribution >= 4 is 5.91 Å². The summed E-state index contributed by atoms with van der Waals surface area (Å²) in [6, 6.07) is 9.65. The third-order valence-corrected chi connectivity index (χ3v) is 6.52. The van der Waals surface area contributed by atoms with Crippen molar-refractivity contribution in [1.82, 2.24) is 20.2 Å². The van der Waals surface area contributed by atoms with Crippen LogP contribution in [0.2, 0.25) is 0 Å². The molecule has 6 heteroatoms. The third kappa shape index (κ3) is 2.88. The van der Waals surface area contributed by atoms with Gasteiger partial charge in [-0.15, -0.1) is 0 Å². The quantitative estimate of drug-likeness (QED) is 0.850. The first kappa shape index (κ1) is 16.7. The van der Waals surface area contributed by atoms with E-state index in [1.54, 1.807) is 0 Å². The van der Waals surface area contributed by atoms with E-state index in [0.29, 0.717) is 25.3 Å². The van der Waals surface area contributed by atoms with Gasteiger partial charge in [0.15, 0.2) is 0 Å². The fraction of sp³-hybridized carbons (Fsp3) is 0.476. The third-order valence-electron chi connectivity index (χ3n) is 6.52. The molecular weight excluding hydrogens is 340 g/mol. The molecule has 1 atom stereocenters. The zero-order valence-electron chi connectivity index (χ0n) is 15.3. The number of fused-ring (bicyclic) bond motifs is 1. The van der Waals surface area contributed by atoms with Crippen molar-refractivity contribution in [2.45, 2.75) is 32.2 Å². The van der Waals surface area contributed by atoms with Gasteiger partial charge in [0.25, 0.3) is 5.56 Å². The van der Waals surface area contributed by atoms with E-state index in [1.807, 2.05) is 35.2 Å². The molecule has 27 heavy (non-hydrogen) atoms. The van der Waals surface area contributed by atoms with Gasteiger partial charge in [0, 0.05) is 23.6 Å². The van der Waals surface area contributed by atoms with Gasteiger partial charge in [-0.25, -0.2) is 4.98 Å². The summed E-state index contributed by atoms with van der Waals surface area (Å²) in [6.07, 6.45) is 3.81. The Hall–Kier alpha value is -2.47. The number of aromatic nitrogens is 2. The first-order valence-corrected chi connectivity index (χ1v) is 9.83. The highest BCUT2D eigenvalue weighted by Crippen LogP contribution is 2.59. The Morgan fingerprint density at radius 3 is 2.74 bits per heavy atom. The number of aromatic amines is 1. The lowest BCUT2D eigenvalue weighted by Crippen LogP contribution is -2.41. The maximum absolute atomic E-state index is 13.1. The molecule has 1 aromatic heterocycles. The van der Waals surface area contributed by atoms with Gasteiger partial charge < -0.3 is 15.2 Å². The molecule has 5 rings (SSSR count). The van der Waals surface area contributed by atoms with E-state index in [4.69, 9.17) is 4.98 Å². The fourth-order valence-electron chi connectivity index (χ4n) is 4.75. The smallest absolute Gasteiger partial charge is 0.254 e. The number of amides is 1. The number of rotatable bonds is 2. The highest BCUT2D eigenvalue weighted by molar-refractivity contribution is 5.83. The van der Waals surface area contributed by atoms with Crippen LogP contribution in [-0.4, -0.2) is 40.4 Å². The first-order chi connectivity index (χ1) is 13.2. The normalized spacial score (nSPS) is 23.1. The molecule has 6 nitrogen and oxygen atoms in total. The molecule has 2 aliphatic heterocycles. The predicted molar refractivity (Wildman–Crippen MR) is 102 cm³/mol. The summed E-state index contributed by atoms with van der Waals surface area (Å²) in [6.45, 7) is 3.10. The summed E-state index contributed by atoms with van der Waals surface area (Å²) in [5.41, 5.74) is 2.52. The number of hydrogen-bond donors (Lipinski definition) is 2. The number of H-pyrrole nitrogens is 1. The maximum atomic E-state index is 13.1. The van der Waals surface area contributed by atoms with Crippen LogP contribution in [0.25, 0.3) is 11.4 Å². The molecule has 3 aliphatic rings. The van der Waals surface area contributed by atoms with Gasteiger partial charge in [-0.2, -0.15) is 0 Å². The van der Waals surface area contributed by atoms with Gasteiger partial charge in [-0.3, -0.25) is 9.59 Å². The van der Waals surface area contributed by atoms with Crippen LogP contribution in [0.1, 0.15) is 30.5 Å². The number of piperidine rings is 1. The first-order valence-electron chi connectivity index (χ1n) is 9.83. The highest BCUT2D eigenvalue weighted by Gasteiger charge is 2.58. The molecule has 1 aromatic carbocycles. The zero-order chi connectivity index (χ0) is 18.4. The Kier molecular flexibility index (Phi) is 3.90.